The van der Waals surface area contributed by atoms with Gasteiger partial charge >= 0.3 is 0 Å². The maximum absolute atomic E-state index is 12.8. The van der Waals surface area contributed by atoms with Crippen LogP contribution in [0.4, 0.5) is 0 Å². The van der Waals surface area contributed by atoms with Crippen molar-refractivity contribution in [3.63, 3.8) is 0 Å². The van der Waals surface area contributed by atoms with Gasteiger partial charge in [-0.2, -0.15) is 0 Å². The first-order valence-corrected chi connectivity index (χ1v) is 12.8. The molecule has 1 amide bonds. The Morgan fingerprint density at radius 2 is 1.89 bits per heavy atom. The van der Waals surface area contributed by atoms with Gasteiger partial charge in [-0.25, -0.2) is 0 Å². The minimum absolute atomic E-state index is 0.0290. The third-order valence-corrected chi connectivity index (χ3v) is 7.82. The Hall–Kier alpha value is -2.90. The molecule has 2 saturated heterocycles. The fourth-order valence-corrected chi connectivity index (χ4v) is 5.90. The summed E-state index contributed by atoms with van der Waals surface area (Å²) in [5, 5.41) is 14.5. The number of H-pyrrole nitrogens is 1. The Bertz CT molecular complexity index is 1290. The summed E-state index contributed by atoms with van der Waals surface area (Å²) in [4.78, 5) is 30.6. The van der Waals surface area contributed by atoms with Gasteiger partial charge in [0.2, 0.25) is 5.91 Å². The van der Waals surface area contributed by atoms with E-state index in [9.17, 15) is 14.7 Å². The van der Waals surface area contributed by atoms with Crippen LogP contribution >= 0.6 is 0 Å². The topological polar surface area (TPSA) is 90.4 Å². The van der Waals surface area contributed by atoms with E-state index in [-0.39, 0.29) is 11.5 Å². The van der Waals surface area contributed by atoms with Crippen LogP contribution in [0.25, 0.3) is 22.2 Å². The number of rotatable bonds is 4. The predicted molar refractivity (Wildman–Crippen MR) is 139 cm³/mol. The van der Waals surface area contributed by atoms with Gasteiger partial charge in [-0.3, -0.25) is 9.59 Å². The Morgan fingerprint density at radius 3 is 2.51 bits per heavy atom. The minimum atomic E-state index is -0.573. The Kier molecular flexibility index (Phi) is 6.32. The summed E-state index contributed by atoms with van der Waals surface area (Å²) in [5.74, 6) is 0.758. The maximum atomic E-state index is 12.8. The highest BCUT2D eigenvalue weighted by atomic mass is 16.3. The standard InChI is InChI=1S/C28H36N4O3/c1-16(2)24-21-14-19(18-8-11-32(12-9-18)28(35)26-23(33)7-10-29-26)5-6-22(21)30-25(24)20-13-17(3)27(34)31(4)15-20/h5-6,13-16,18,23,26,29-30,33H,7-12H2,1-4H3/t23-,26-/m0/s1. The number of benzene rings is 1. The molecular weight excluding hydrogens is 440 g/mol. The third kappa shape index (κ3) is 4.32. The summed E-state index contributed by atoms with van der Waals surface area (Å²) in [6.45, 7) is 8.43. The van der Waals surface area contributed by atoms with E-state index < -0.39 is 12.1 Å². The van der Waals surface area contributed by atoms with Crippen LogP contribution in [0.5, 0.6) is 0 Å². The fourth-order valence-electron chi connectivity index (χ4n) is 5.90. The highest BCUT2D eigenvalue weighted by Crippen LogP contribution is 2.38. The van der Waals surface area contributed by atoms with Crippen LogP contribution < -0.4 is 10.9 Å². The number of aryl methyl sites for hydroxylation is 2. The molecule has 186 valence electrons. The van der Waals surface area contributed by atoms with Crippen molar-refractivity contribution in [1.82, 2.24) is 19.8 Å². The number of carbonyl (C=O) groups is 1. The van der Waals surface area contributed by atoms with Gasteiger partial charge < -0.3 is 24.9 Å². The van der Waals surface area contributed by atoms with E-state index >= 15 is 0 Å². The number of likely N-dealkylation sites (tertiary alicyclic amines) is 1. The Morgan fingerprint density at radius 1 is 1.14 bits per heavy atom. The van der Waals surface area contributed by atoms with Crippen molar-refractivity contribution >= 4 is 16.8 Å². The largest absolute Gasteiger partial charge is 0.391 e. The summed E-state index contributed by atoms with van der Waals surface area (Å²) in [6, 6.07) is 8.23. The number of pyridine rings is 1. The highest BCUT2D eigenvalue weighted by Gasteiger charge is 2.35. The molecule has 0 aliphatic carbocycles. The van der Waals surface area contributed by atoms with Crippen molar-refractivity contribution in [3.8, 4) is 11.3 Å². The summed E-state index contributed by atoms with van der Waals surface area (Å²) in [6.07, 6.45) is 3.83. The molecule has 35 heavy (non-hydrogen) atoms. The first-order chi connectivity index (χ1) is 16.7. The zero-order chi connectivity index (χ0) is 24.9. The average Bonchev–Trinajstić information content (AvgIpc) is 3.45. The molecule has 0 saturated carbocycles. The second-order valence-corrected chi connectivity index (χ2v) is 10.6. The monoisotopic (exact) mass is 476 g/mol. The van der Waals surface area contributed by atoms with Gasteiger partial charge in [0.1, 0.15) is 6.04 Å². The average molecular weight is 477 g/mol. The van der Waals surface area contributed by atoms with Gasteiger partial charge in [-0.1, -0.05) is 19.9 Å². The van der Waals surface area contributed by atoms with Crippen LogP contribution in [0.1, 0.15) is 61.6 Å². The Balaban J connectivity index is 1.42. The van der Waals surface area contributed by atoms with Crippen molar-refractivity contribution in [2.45, 2.75) is 64.0 Å². The van der Waals surface area contributed by atoms with Gasteiger partial charge in [-0.05, 0) is 73.9 Å². The van der Waals surface area contributed by atoms with Crippen molar-refractivity contribution in [3.05, 3.63) is 57.5 Å². The number of nitrogens with one attached hydrogen (secondary N) is 2. The van der Waals surface area contributed by atoms with Gasteiger partial charge in [0.25, 0.3) is 5.56 Å². The summed E-state index contributed by atoms with van der Waals surface area (Å²) in [7, 11) is 1.80. The van der Waals surface area contributed by atoms with E-state index in [0.29, 0.717) is 24.8 Å². The molecule has 0 spiro atoms. The molecule has 2 aliphatic rings. The fraction of sp³-hybridized carbons (Fsp3) is 0.500. The van der Waals surface area contributed by atoms with Crippen LogP contribution in [-0.2, 0) is 11.8 Å². The number of aliphatic hydroxyl groups excluding tert-OH is 1. The quantitative estimate of drug-likeness (QED) is 0.538. The molecular formula is C28H36N4O3. The molecule has 4 heterocycles. The van der Waals surface area contributed by atoms with E-state index in [1.165, 1.54) is 16.5 Å². The molecule has 7 heteroatoms. The first-order valence-electron chi connectivity index (χ1n) is 12.8. The Labute approximate surface area is 206 Å². The number of hydrogen-bond acceptors (Lipinski definition) is 4. The van der Waals surface area contributed by atoms with Crippen LogP contribution in [0.3, 0.4) is 0 Å². The van der Waals surface area contributed by atoms with Gasteiger partial charge in [0.05, 0.1) is 11.8 Å². The van der Waals surface area contributed by atoms with Gasteiger partial charge in [0, 0.05) is 48.4 Å². The van der Waals surface area contributed by atoms with E-state index in [1.54, 1.807) is 11.6 Å². The zero-order valence-electron chi connectivity index (χ0n) is 21.1. The molecule has 2 fully saturated rings. The van der Waals surface area contributed by atoms with Crippen molar-refractivity contribution in [2.75, 3.05) is 19.6 Å². The van der Waals surface area contributed by atoms with Crippen LogP contribution in [0.15, 0.2) is 35.3 Å². The third-order valence-electron chi connectivity index (χ3n) is 7.82. The highest BCUT2D eigenvalue weighted by molar-refractivity contribution is 5.92. The molecule has 0 unspecified atom stereocenters. The van der Waals surface area contributed by atoms with Crippen LogP contribution in [-0.4, -0.2) is 57.2 Å². The predicted octanol–water partition coefficient (Wildman–Crippen LogP) is 3.39. The molecule has 2 aromatic heterocycles. The molecule has 3 aromatic rings. The molecule has 2 atom stereocenters. The van der Waals surface area contributed by atoms with E-state index in [2.05, 4.69) is 42.3 Å². The van der Waals surface area contributed by atoms with Gasteiger partial charge in [0.15, 0.2) is 0 Å². The smallest absolute Gasteiger partial charge is 0.253 e. The summed E-state index contributed by atoms with van der Waals surface area (Å²) < 4.78 is 1.65. The number of piperidine rings is 1. The number of aromatic nitrogens is 2. The number of aromatic amines is 1. The molecule has 0 radical (unpaired) electrons. The van der Waals surface area contributed by atoms with Crippen LogP contribution in [0.2, 0.25) is 0 Å². The van der Waals surface area contributed by atoms with E-state index in [1.807, 2.05) is 24.1 Å². The second-order valence-electron chi connectivity index (χ2n) is 10.6. The minimum Gasteiger partial charge on any atom is -0.391 e. The number of fused-ring (bicyclic) bond motifs is 1. The zero-order valence-corrected chi connectivity index (χ0v) is 21.1. The van der Waals surface area contributed by atoms with Crippen molar-refractivity contribution < 1.29 is 9.90 Å². The van der Waals surface area contributed by atoms with Crippen molar-refractivity contribution in [1.29, 1.82) is 0 Å². The molecule has 3 N–H and O–H groups in total. The lowest BCUT2D eigenvalue weighted by atomic mass is 9.87. The summed E-state index contributed by atoms with van der Waals surface area (Å²) in [5.41, 5.74) is 6.56. The first kappa shape index (κ1) is 23.8. The van der Waals surface area contributed by atoms with Crippen LogP contribution in [0, 0.1) is 6.92 Å². The number of nitrogens with zero attached hydrogens (tertiary/aromatic N) is 2. The lowest BCUT2D eigenvalue weighted by Gasteiger charge is -2.34. The SMILES string of the molecule is Cc1cc(-c2[nH]c3ccc(C4CCN(C(=O)[C@H]5NCC[C@@H]5O)CC4)cc3c2C(C)C)cn(C)c1=O. The second kappa shape index (κ2) is 9.28. The lowest BCUT2D eigenvalue weighted by molar-refractivity contribution is -0.136. The number of hydrogen-bond donors (Lipinski definition) is 3. The lowest BCUT2D eigenvalue weighted by Crippen LogP contribution is -2.50. The normalized spacial score (nSPS) is 21.4. The van der Waals surface area contributed by atoms with Gasteiger partial charge in [-0.15, -0.1) is 0 Å². The maximum Gasteiger partial charge on any atom is 0.253 e. The molecule has 0 bridgehead atoms. The van der Waals surface area contributed by atoms with E-state index in [0.717, 1.165) is 48.3 Å². The van der Waals surface area contributed by atoms with E-state index in [4.69, 9.17) is 0 Å². The summed E-state index contributed by atoms with van der Waals surface area (Å²) >= 11 is 0. The molecule has 2 aliphatic heterocycles. The molecule has 1 aromatic carbocycles. The molecule has 7 nitrogen and oxygen atoms in total. The van der Waals surface area contributed by atoms with Crippen molar-refractivity contribution in [2.24, 2.45) is 7.05 Å². The number of aliphatic hydroxyl groups is 1. The molecule has 5 rings (SSSR count). The number of carbonyl (C=O) groups excluding carboxylic acids is 1. The number of amides is 1.